The van der Waals surface area contributed by atoms with Crippen LogP contribution in [0.25, 0.3) is 22.0 Å². The summed E-state index contributed by atoms with van der Waals surface area (Å²) in [5.41, 5.74) is 2.21. The number of anilines is 2. The highest BCUT2D eigenvalue weighted by Gasteiger charge is 2.14. The number of nitrogens with one attached hydrogen (secondary N) is 2. The van der Waals surface area contributed by atoms with Gasteiger partial charge in [-0.1, -0.05) is 26.0 Å². The van der Waals surface area contributed by atoms with E-state index < -0.39 is 0 Å². The Balaban J connectivity index is 1.79. The minimum Gasteiger partial charge on any atom is -0.491 e. The van der Waals surface area contributed by atoms with Crippen molar-refractivity contribution >= 4 is 22.3 Å². The second-order valence-electron chi connectivity index (χ2n) is 7.85. The number of pyridine rings is 3. The van der Waals surface area contributed by atoms with Crippen LogP contribution in [0, 0.1) is 17.2 Å². The quantitative estimate of drug-likeness (QED) is 0.431. The molecule has 0 aliphatic heterocycles. The predicted octanol–water partition coefficient (Wildman–Crippen LogP) is 5.03. The van der Waals surface area contributed by atoms with E-state index in [9.17, 15) is 10.1 Å². The van der Waals surface area contributed by atoms with Crippen LogP contribution in [0.1, 0.15) is 25.8 Å². The molecule has 160 valence electrons. The van der Waals surface area contributed by atoms with Gasteiger partial charge in [-0.05, 0) is 48.1 Å². The number of rotatable bonds is 7. The lowest BCUT2D eigenvalue weighted by atomic mass is 10.1. The van der Waals surface area contributed by atoms with Crippen molar-refractivity contribution in [2.75, 3.05) is 11.9 Å². The van der Waals surface area contributed by atoms with Gasteiger partial charge in [-0.25, -0.2) is 4.98 Å². The summed E-state index contributed by atoms with van der Waals surface area (Å²) in [5.74, 6) is 1.63. The molecule has 3 aromatic heterocycles. The van der Waals surface area contributed by atoms with E-state index in [-0.39, 0.29) is 5.56 Å². The molecule has 0 spiro atoms. The number of ether oxygens (including phenoxy) is 1. The Bertz CT molecular complexity index is 1350. The second-order valence-corrected chi connectivity index (χ2v) is 7.85. The van der Waals surface area contributed by atoms with E-state index in [2.05, 4.69) is 35.2 Å². The molecule has 7 heteroatoms. The molecule has 0 fully saturated rings. The number of H-pyrrole nitrogens is 1. The van der Waals surface area contributed by atoms with Gasteiger partial charge in [0.2, 0.25) is 0 Å². The van der Waals surface area contributed by atoms with Crippen molar-refractivity contribution in [2.45, 2.75) is 20.3 Å². The Morgan fingerprint density at radius 3 is 2.84 bits per heavy atom. The molecule has 0 radical (unpaired) electrons. The third-order valence-electron chi connectivity index (χ3n) is 5.01. The van der Waals surface area contributed by atoms with Gasteiger partial charge in [-0.15, -0.1) is 0 Å². The minimum absolute atomic E-state index is 0.244. The molecule has 0 unspecified atom stereocenters. The van der Waals surface area contributed by atoms with Crippen molar-refractivity contribution in [3.63, 3.8) is 0 Å². The van der Waals surface area contributed by atoms with E-state index in [4.69, 9.17) is 9.72 Å². The highest BCUT2D eigenvalue weighted by molar-refractivity contribution is 5.95. The van der Waals surface area contributed by atoms with Crippen LogP contribution in [0.15, 0.2) is 65.8 Å². The number of nitriles is 1. The Kier molecular flexibility index (Phi) is 6.13. The topological polar surface area (TPSA) is 104 Å². The summed E-state index contributed by atoms with van der Waals surface area (Å²) < 4.78 is 5.99. The van der Waals surface area contributed by atoms with Crippen LogP contribution in [0.3, 0.4) is 0 Å². The average molecular weight is 425 g/mol. The van der Waals surface area contributed by atoms with Crippen LogP contribution >= 0.6 is 0 Å². The fraction of sp³-hybridized carbons (Fsp3) is 0.200. The van der Waals surface area contributed by atoms with Gasteiger partial charge in [0.1, 0.15) is 17.6 Å². The molecule has 0 bridgehead atoms. The smallest absolute Gasteiger partial charge is 0.259 e. The SMILES string of the molecule is CC(C)CCOc1ccccc1Nc1nc(-c2cncc(C#N)c2)cc2cc[nH]c(=O)c12. The van der Waals surface area contributed by atoms with E-state index >= 15 is 0 Å². The van der Waals surface area contributed by atoms with Crippen LogP contribution < -0.4 is 15.6 Å². The Hall–Kier alpha value is -4.18. The maximum Gasteiger partial charge on any atom is 0.259 e. The van der Waals surface area contributed by atoms with Crippen molar-refractivity contribution in [1.82, 2.24) is 15.0 Å². The molecule has 7 nitrogen and oxygen atoms in total. The number of aromatic amines is 1. The van der Waals surface area contributed by atoms with Crippen LogP contribution in [0.5, 0.6) is 5.75 Å². The van der Waals surface area contributed by atoms with E-state index in [1.54, 1.807) is 18.5 Å². The van der Waals surface area contributed by atoms with Crippen LogP contribution in [-0.2, 0) is 0 Å². The van der Waals surface area contributed by atoms with Gasteiger partial charge in [0.25, 0.3) is 5.56 Å². The lowest BCUT2D eigenvalue weighted by Crippen LogP contribution is -2.10. The molecule has 4 aromatic rings. The van der Waals surface area contributed by atoms with E-state index in [0.717, 1.165) is 11.8 Å². The van der Waals surface area contributed by atoms with Crippen molar-refractivity contribution in [1.29, 1.82) is 5.26 Å². The molecule has 4 rings (SSSR count). The zero-order valence-electron chi connectivity index (χ0n) is 17.9. The number of benzene rings is 1. The van der Waals surface area contributed by atoms with E-state index in [1.165, 1.54) is 6.20 Å². The largest absolute Gasteiger partial charge is 0.491 e. The Morgan fingerprint density at radius 2 is 2.03 bits per heavy atom. The summed E-state index contributed by atoms with van der Waals surface area (Å²) in [6, 6.07) is 15.0. The highest BCUT2D eigenvalue weighted by Crippen LogP contribution is 2.31. The number of para-hydroxylation sites is 2. The van der Waals surface area contributed by atoms with Crippen molar-refractivity contribution in [2.24, 2.45) is 5.92 Å². The summed E-state index contributed by atoms with van der Waals surface area (Å²) in [5, 5.41) is 13.7. The molecule has 0 amide bonds. The Morgan fingerprint density at radius 1 is 1.19 bits per heavy atom. The maximum absolute atomic E-state index is 12.6. The van der Waals surface area contributed by atoms with Gasteiger partial charge >= 0.3 is 0 Å². The van der Waals surface area contributed by atoms with Gasteiger partial charge in [0.15, 0.2) is 0 Å². The van der Waals surface area contributed by atoms with Crippen LogP contribution in [0.2, 0.25) is 0 Å². The lowest BCUT2D eigenvalue weighted by Gasteiger charge is -2.15. The first-order valence-electron chi connectivity index (χ1n) is 10.4. The van der Waals surface area contributed by atoms with Crippen molar-refractivity contribution in [3.8, 4) is 23.1 Å². The number of aromatic nitrogens is 3. The standard InChI is InChI=1S/C25H23N5O2/c1-16(2)8-10-32-22-6-4-3-5-20(22)29-24-23-18(7-9-28-25(23)31)12-21(30-24)19-11-17(13-26)14-27-15-19/h3-7,9,11-12,14-16H,8,10H2,1-2H3,(H,28,31)(H,29,30). The molecule has 1 aromatic carbocycles. The summed E-state index contributed by atoms with van der Waals surface area (Å²) in [7, 11) is 0. The number of hydrogen-bond acceptors (Lipinski definition) is 6. The molecule has 0 aliphatic rings. The molecule has 32 heavy (non-hydrogen) atoms. The van der Waals surface area contributed by atoms with Crippen molar-refractivity contribution in [3.05, 3.63) is 77.0 Å². The lowest BCUT2D eigenvalue weighted by molar-refractivity contribution is 0.291. The number of fused-ring (bicyclic) bond motifs is 1. The van der Waals surface area contributed by atoms with Crippen molar-refractivity contribution < 1.29 is 4.74 Å². The fourth-order valence-corrected chi connectivity index (χ4v) is 3.32. The molecule has 2 N–H and O–H groups in total. The molecule has 0 aliphatic carbocycles. The van der Waals surface area contributed by atoms with Gasteiger partial charge < -0.3 is 15.0 Å². The first-order valence-corrected chi connectivity index (χ1v) is 10.4. The highest BCUT2D eigenvalue weighted by atomic mass is 16.5. The number of hydrogen-bond donors (Lipinski definition) is 2. The molecule has 0 atom stereocenters. The monoisotopic (exact) mass is 425 g/mol. The first-order chi connectivity index (χ1) is 15.5. The third-order valence-corrected chi connectivity index (χ3v) is 5.01. The summed E-state index contributed by atoms with van der Waals surface area (Å²) in [6.45, 7) is 4.90. The summed E-state index contributed by atoms with van der Waals surface area (Å²) in [6.07, 6.45) is 5.69. The van der Waals surface area contributed by atoms with Crippen LogP contribution in [0.4, 0.5) is 11.5 Å². The zero-order valence-corrected chi connectivity index (χ0v) is 17.9. The maximum atomic E-state index is 12.6. The minimum atomic E-state index is -0.244. The summed E-state index contributed by atoms with van der Waals surface area (Å²) >= 11 is 0. The average Bonchev–Trinajstić information content (AvgIpc) is 2.80. The molecule has 0 saturated heterocycles. The van der Waals surface area contributed by atoms with E-state index in [0.29, 0.717) is 52.0 Å². The summed E-state index contributed by atoms with van der Waals surface area (Å²) in [4.78, 5) is 24.2. The zero-order chi connectivity index (χ0) is 22.5. The first kappa shape index (κ1) is 21.1. The Labute approximate surface area is 185 Å². The third kappa shape index (κ3) is 4.60. The van der Waals surface area contributed by atoms with Gasteiger partial charge in [-0.3, -0.25) is 9.78 Å². The molecular weight excluding hydrogens is 402 g/mol. The number of nitrogens with zero attached hydrogens (tertiary/aromatic N) is 3. The van der Waals surface area contributed by atoms with E-state index in [1.807, 2.05) is 36.4 Å². The normalized spacial score (nSPS) is 10.8. The van der Waals surface area contributed by atoms with Gasteiger partial charge in [0.05, 0.1) is 28.9 Å². The van der Waals surface area contributed by atoms with Gasteiger partial charge in [-0.2, -0.15) is 5.26 Å². The predicted molar refractivity (Wildman–Crippen MR) is 125 cm³/mol. The molecule has 3 heterocycles. The van der Waals surface area contributed by atoms with Crippen LogP contribution in [-0.4, -0.2) is 21.6 Å². The second kappa shape index (κ2) is 9.31. The van der Waals surface area contributed by atoms with Gasteiger partial charge in [0, 0.05) is 24.2 Å². The fourth-order valence-electron chi connectivity index (χ4n) is 3.32. The molecule has 0 saturated carbocycles. The molecular formula is C25H23N5O2.